The van der Waals surface area contributed by atoms with Crippen LogP contribution in [0.2, 0.25) is 0 Å². The lowest BCUT2D eigenvalue weighted by atomic mass is 10.1. The normalized spacial score (nSPS) is 33.6. The highest BCUT2D eigenvalue weighted by molar-refractivity contribution is 5.90. The van der Waals surface area contributed by atoms with E-state index in [1.165, 1.54) is 6.08 Å². The molecule has 8 heteroatoms. The molecule has 3 aliphatic heterocycles. The second-order valence-electron chi connectivity index (χ2n) is 6.93. The zero-order valence-corrected chi connectivity index (χ0v) is 15.1. The Hall–Kier alpha value is -2.42. The maximum atomic E-state index is 12.1. The highest BCUT2D eigenvalue weighted by Gasteiger charge is 2.64. The number of ether oxygens (including phenoxy) is 6. The highest BCUT2D eigenvalue weighted by Crippen LogP contribution is 2.42. The van der Waals surface area contributed by atoms with Gasteiger partial charge in [0.1, 0.15) is 11.9 Å². The van der Waals surface area contributed by atoms with E-state index in [1.54, 1.807) is 51.3 Å². The van der Waals surface area contributed by atoms with E-state index in [0.29, 0.717) is 5.75 Å². The average molecular weight is 376 g/mol. The highest BCUT2D eigenvalue weighted by atomic mass is 16.8. The van der Waals surface area contributed by atoms with Crippen LogP contribution in [0.15, 0.2) is 30.3 Å². The Kier molecular flexibility index (Phi) is 4.41. The lowest BCUT2D eigenvalue weighted by Gasteiger charge is -2.21. The van der Waals surface area contributed by atoms with Gasteiger partial charge in [-0.1, -0.05) is 12.1 Å². The maximum Gasteiger partial charge on any atom is 0.350 e. The number of methoxy groups -OCH3 is 1. The van der Waals surface area contributed by atoms with Crippen molar-refractivity contribution < 1.29 is 38.0 Å². The predicted molar refractivity (Wildman–Crippen MR) is 90.5 cm³/mol. The second kappa shape index (κ2) is 6.63. The zero-order chi connectivity index (χ0) is 19.2. The summed E-state index contributed by atoms with van der Waals surface area (Å²) >= 11 is 0. The third-order valence-corrected chi connectivity index (χ3v) is 4.58. The van der Waals surface area contributed by atoms with Crippen LogP contribution in [-0.2, 0) is 33.3 Å². The van der Waals surface area contributed by atoms with Gasteiger partial charge in [-0.3, -0.25) is 0 Å². The lowest BCUT2D eigenvalue weighted by Crippen LogP contribution is -2.37. The SMILES string of the molecule is COc1ccc(/C=C/C(=O)OC2C(=O)OC3C4OC(C)(C)OC4OC23)cc1. The Bertz CT molecular complexity index is 768. The minimum absolute atomic E-state index is 0.535. The third kappa shape index (κ3) is 3.43. The smallest absolute Gasteiger partial charge is 0.350 e. The molecule has 3 fully saturated rings. The number of hydrogen-bond donors (Lipinski definition) is 0. The molecule has 3 saturated heterocycles. The molecule has 0 saturated carbocycles. The van der Waals surface area contributed by atoms with Crippen LogP contribution < -0.4 is 4.74 Å². The average Bonchev–Trinajstić information content (AvgIpc) is 3.21. The first-order valence-corrected chi connectivity index (χ1v) is 8.61. The van der Waals surface area contributed by atoms with Crippen LogP contribution in [-0.4, -0.2) is 55.5 Å². The van der Waals surface area contributed by atoms with E-state index < -0.39 is 48.4 Å². The van der Waals surface area contributed by atoms with Crippen LogP contribution in [0.5, 0.6) is 5.75 Å². The maximum absolute atomic E-state index is 12.1. The van der Waals surface area contributed by atoms with Gasteiger partial charge in [-0.2, -0.15) is 0 Å². The van der Waals surface area contributed by atoms with Crippen molar-refractivity contribution in [3.63, 3.8) is 0 Å². The topological polar surface area (TPSA) is 89.5 Å². The third-order valence-electron chi connectivity index (χ3n) is 4.58. The van der Waals surface area contributed by atoms with Gasteiger partial charge in [-0.15, -0.1) is 0 Å². The van der Waals surface area contributed by atoms with Crippen LogP contribution in [0.4, 0.5) is 0 Å². The molecule has 27 heavy (non-hydrogen) atoms. The van der Waals surface area contributed by atoms with Gasteiger partial charge < -0.3 is 28.4 Å². The molecule has 144 valence electrons. The van der Waals surface area contributed by atoms with Gasteiger partial charge in [0, 0.05) is 6.08 Å². The molecule has 4 rings (SSSR count). The summed E-state index contributed by atoms with van der Waals surface area (Å²) in [5.74, 6) is -1.42. The van der Waals surface area contributed by atoms with E-state index in [4.69, 9.17) is 28.4 Å². The van der Waals surface area contributed by atoms with E-state index in [2.05, 4.69) is 0 Å². The van der Waals surface area contributed by atoms with Crippen LogP contribution in [0.1, 0.15) is 19.4 Å². The van der Waals surface area contributed by atoms with Crippen molar-refractivity contribution in [1.82, 2.24) is 0 Å². The number of carbonyl (C=O) groups excluding carboxylic acids is 2. The minimum atomic E-state index is -1.15. The van der Waals surface area contributed by atoms with Crippen molar-refractivity contribution in [2.24, 2.45) is 0 Å². The first-order valence-electron chi connectivity index (χ1n) is 8.61. The van der Waals surface area contributed by atoms with Crippen LogP contribution >= 0.6 is 0 Å². The van der Waals surface area contributed by atoms with Crippen molar-refractivity contribution in [3.8, 4) is 5.75 Å². The van der Waals surface area contributed by atoms with Gasteiger partial charge in [-0.05, 0) is 37.6 Å². The van der Waals surface area contributed by atoms with E-state index >= 15 is 0 Å². The Labute approximate surface area is 155 Å². The molecule has 0 spiro atoms. The fraction of sp³-hybridized carbons (Fsp3) is 0.474. The van der Waals surface area contributed by atoms with Crippen molar-refractivity contribution in [3.05, 3.63) is 35.9 Å². The summed E-state index contributed by atoms with van der Waals surface area (Å²) in [5, 5.41) is 0. The van der Waals surface area contributed by atoms with Gasteiger partial charge in [0.05, 0.1) is 7.11 Å². The minimum Gasteiger partial charge on any atom is -0.497 e. The Morgan fingerprint density at radius 1 is 1.11 bits per heavy atom. The molecule has 0 bridgehead atoms. The molecule has 0 radical (unpaired) electrons. The lowest BCUT2D eigenvalue weighted by molar-refractivity contribution is -0.216. The Balaban J connectivity index is 1.38. The molecule has 5 unspecified atom stereocenters. The molecule has 1 aromatic rings. The number of rotatable bonds is 4. The fourth-order valence-electron chi connectivity index (χ4n) is 3.38. The predicted octanol–water partition coefficient (Wildman–Crippen LogP) is 1.42. The van der Waals surface area contributed by atoms with E-state index in [9.17, 15) is 9.59 Å². The van der Waals surface area contributed by atoms with Crippen molar-refractivity contribution in [2.45, 2.75) is 50.3 Å². The summed E-state index contributed by atoms with van der Waals surface area (Å²) in [7, 11) is 1.58. The summed E-state index contributed by atoms with van der Waals surface area (Å²) in [5.41, 5.74) is 0.787. The summed E-state index contributed by atoms with van der Waals surface area (Å²) in [6, 6.07) is 7.13. The quantitative estimate of drug-likeness (QED) is 0.576. The molecule has 0 aromatic heterocycles. The summed E-state index contributed by atoms with van der Waals surface area (Å²) < 4.78 is 32.7. The molecule has 8 nitrogen and oxygen atoms in total. The Morgan fingerprint density at radius 2 is 1.85 bits per heavy atom. The zero-order valence-electron chi connectivity index (χ0n) is 15.1. The van der Waals surface area contributed by atoms with E-state index in [1.807, 2.05) is 0 Å². The number of carbonyl (C=O) groups is 2. The summed E-state index contributed by atoms with van der Waals surface area (Å²) in [4.78, 5) is 24.2. The monoisotopic (exact) mass is 376 g/mol. The molecule has 3 heterocycles. The molecule has 0 amide bonds. The molecular weight excluding hydrogens is 356 g/mol. The first-order chi connectivity index (χ1) is 12.9. The summed E-state index contributed by atoms with van der Waals surface area (Å²) in [6.07, 6.45) is -0.919. The standard InChI is InChI=1S/C19H20O8/c1-19(2)26-16-14-13(25-18(16)27-19)15(17(21)24-14)23-12(20)9-6-10-4-7-11(22-3)8-5-10/h4-9,13-16,18H,1-3H3/b9-6+. The van der Waals surface area contributed by atoms with Gasteiger partial charge in [0.2, 0.25) is 6.10 Å². The fourth-order valence-corrected chi connectivity index (χ4v) is 3.38. The van der Waals surface area contributed by atoms with Gasteiger partial charge >= 0.3 is 11.9 Å². The van der Waals surface area contributed by atoms with Crippen LogP contribution in [0.25, 0.3) is 6.08 Å². The molecule has 0 N–H and O–H groups in total. The molecule has 0 aliphatic carbocycles. The van der Waals surface area contributed by atoms with Gasteiger partial charge in [0.25, 0.3) is 0 Å². The van der Waals surface area contributed by atoms with Crippen LogP contribution in [0, 0.1) is 0 Å². The van der Waals surface area contributed by atoms with Crippen molar-refractivity contribution in [2.75, 3.05) is 7.11 Å². The molecule has 3 aliphatic rings. The van der Waals surface area contributed by atoms with Gasteiger partial charge in [0.15, 0.2) is 24.3 Å². The van der Waals surface area contributed by atoms with Crippen molar-refractivity contribution >= 4 is 18.0 Å². The first kappa shape index (κ1) is 18.0. The molecular formula is C19H20O8. The number of esters is 2. The molecule has 5 atom stereocenters. The second-order valence-corrected chi connectivity index (χ2v) is 6.93. The molecule has 1 aromatic carbocycles. The van der Waals surface area contributed by atoms with Crippen LogP contribution in [0.3, 0.4) is 0 Å². The van der Waals surface area contributed by atoms with Gasteiger partial charge in [-0.25, -0.2) is 9.59 Å². The Morgan fingerprint density at radius 3 is 2.56 bits per heavy atom. The van der Waals surface area contributed by atoms with E-state index in [-0.39, 0.29) is 0 Å². The van der Waals surface area contributed by atoms with Crippen molar-refractivity contribution in [1.29, 1.82) is 0 Å². The largest absolute Gasteiger partial charge is 0.497 e. The number of benzene rings is 1. The number of hydrogen-bond acceptors (Lipinski definition) is 8. The number of fused-ring (bicyclic) bond motifs is 3. The van der Waals surface area contributed by atoms with E-state index in [0.717, 1.165) is 5.56 Å². The summed E-state index contributed by atoms with van der Waals surface area (Å²) in [6.45, 7) is 3.50.